The Balaban J connectivity index is 2.18. The smallest absolute Gasteiger partial charge is 0.246 e. The monoisotopic (exact) mass is 348 g/mol. The first kappa shape index (κ1) is 18.3. The minimum atomic E-state index is -3.99. The van der Waals surface area contributed by atoms with Crippen molar-refractivity contribution in [2.45, 2.75) is 31.2 Å². The predicted octanol–water partition coefficient (Wildman–Crippen LogP) is 1.35. The van der Waals surface area contributed by atoms with E-state index in [0.717, 1.165) is 12.5 Å². The highest BCUT2D eigenvalue weighted by molar-refractivity contribution is 7.89. The molecule has 23 heavy (non-hydrogen) atoms. The van der Waals surface area contributed by atoms with Gasteiger partial charge in [0.15, 0.2) is 0 Å². The van der Waals surface area contributed by atoms with Gasteiger partial charge in [-0.15, -0.1) is 0 Å². The first-order valence-corrected chi connectivity index (χ1v) is 9.06. The van der Waals surface area contributed by atoms with Crippen LogP contribution in [0.1, 0.15) is 18.9 Å². The Morgan fingerprint density at radius 1 is 1.17 bits per heavy atom. The summed E-state index contributed by atoms with van der Waals surface area (Å²) in [5.74, 6) is -1.84. The van der Waals surface area contributed by atoms with Gasteiger partial charge in [0.25, 0.3) is 0 Å². The lowest BCUT2D eigenvalue weighted by molar-refractivity contribution is 0.0880. The predicted molar refractivity (Wildman–Crippen MR) is 82.6 cm³/mol. The van der Waals surface area contributed by atoms with Gasteiger partial charge >= 0.3 is 0 Å². The number of piperazine rings is 1. The van der Waals surface area contributed by atoms with E-state index in [4.69, 9.17) is 0 Å². The lowest BCUT2D eigenvalue weighted by atomic mass is 10.2. The van der Waals surface area contributed by atoms with Gasteiger partial charge in [-0.3, -0.25) is 4.90 Å². The summed E-state index contributed by atoms with van der Waals surface area (Å²) in [4.78, 5) is 1.54. The van der Waals surface area contributed by atoms with Crippen molar-refractivity contribution in [3.8, 4) is 0 Å². The maximum Gasteiger partial charge on any atom is 0.246 e. The van der Waals surface area contributed by atoms with Gasteiger partial charge in [0.2, 0.25) is 10.0 Å². The van der Waals surface area contributed by atoms with Crippen molar-refractivity contribution >= 4 is 10.0 Å². The average molecular weight is 348 g/mol. The number of hydrogen-bond acceptors (Lipinski definition) is 4. The zero-order valence-electron chi connectivity index (χ0n) is 13.3. The van der Waals surface area contributed by atoms with Crippen LogP contribution in [0.4, 0.5) is 8.78 Å². The standard InChI is InChI=1S/C15H22F2N2O3S/c1-3-12(10-20)18-4-6-19(7-5-18)23(21,22)15-8-11(2)13(16)9-14(15)17/h8-9,12,20H,3-7,10H2,1-2H3. The number of halogens is 2. The molecule has 0 bridgehead atoms. The van der Waals surface area contributed by atoms with E-state index in [1.165, 1.54) is 11.2 Å². The SMILES string of the molecule is CCC(CO)N1CCN(S(=O)(=O)c2cc(C)c(F)cc2F)CC1. The van der Waals surface area contributed by atoms with Crippen molar-refractivity contribution in [1.82, 2.24) is 9.21 Å². The molecule has 1 saturated heterocycles. The zero-order chi connectivity index (χ0) is 17.2. The molecule has 1 unspecified atom stereocenters. The van der Waals surface area contributed by atoms with Gasteiger partial charge < -0.3 is 5.11 Å². The molecule has 1 aromatic carbocycles. The minimum absolute atomic E-state index is 0.00431. The minimum Gasteiger partial charge on any atom is -0.395 e. The molecule has 2 rings (SSSR count). The Morgan fingerprint density at radius 3 is 2.30 bits per heavy atom. The van der Waals surface area contributed by atoms with Gasteiger partial charge in [0, 0.05) is 38.3 Å². The summed E-state index contributed by atoms with van der Waals surface area (Å²) in [5.41, 5.74) is 0.0925. The fraction of sp³-hybridized carbons (Fsp3) is 0.600. The van der Waals surface area contributed by atoms with Crippen LogP contribution in [0.15, 0.2) is 17.0 Å². The zero-order valence-corrected chi connectivity index (χ0v) is 14.1. The summed E-state index contributed by atoms with van der Waals surface area (Å²) >= 11 is 0. The summed E-state index contributed by atoms with van der Waals surface area (Å²) in [6.45, 7) is 4.76. The molecule has 1 heterocycles. The molecule has 1 fully saturated rings. The third-order valence-corrected chi connectivity index (χ3v) is 6.22. The Bertz CT molecular complexity index is 655. The summed E-state index contributed by atoms with van der Waals surface area (Å²) in [6, 6.07) is 1.65. The first-order chi connectivity index (χ1) is 10.8. The largest absolute Gasteiger partial charge is 0.395 e. The lowest BCUT2D eigenvalue weighted by Gasteiger charge is -2.37. The molecule has 0 aliphatic carbocycles. The van der Waals surface area contributed by atoms with Crippen molar-refractivity contribution in [3.63, 3.8) is 0 Å². The maximum atomic E-state index is 13.9. The second kappa shape index (κ2) is 7.21. The quantitative estimate of drug-likeness (QED) is 0.873. The first-order valence-electron chi connectivity index (χ1n) is 7.62. The molecule has 1 atom stereocenters. The molecule has 1 aliphatic heterocycles. The maximum absolute atomic E-state index is 13.9. The summed E-state index contributed by atoms with van der Waals surface area (Å²) in [5, 5.41) is 9.32. The molecule has 1 aromatic rings. The fourth-order valence-corrected chi connectivity index (χ4v) is 4.33. The highest BCUT2D eigenvalue weighted by Crippen LogP contribution is 2.24. The summed E-state index contributed by atoms with van der Waals surface area (Å²) in [6.07, 6.45) is 0.773. The molecule has 0 spiro atoms. The van der Waals surface area contributed by atoms with E-state index in [0.29, 0.717) is 19.2 Å². The molecular formula is C15H22F2N2O3S. The van der Waals surface area contributed by atoms with Crippen LogP contribution in [0.5, 0.6) is 0 Å². The highest BCUT2D eigenvalue weighted by atomic mass is 32.2. The van der Waals surface area contributed by atoms with E-state index in [1.807, 2.05) is 11.8 Å². The lowest BCUT2D eigenvalue weighted by Crippen LogP contribution is -2.52. The molecule has 130 valence electrons. The molecule has 1 aliphatic rings. The average Bonchev–Trinajstić information content (AvgIpc) is 2.52. The van der Waals surface area contributed by atoms with Crippen molar-refractivity contribution in [2.24, 2.45) is 0 Å². The third-order valence-electron chi connectivity index (χ3n) is 4.30. The van der Waals surface area contributed by atoms with E-state index in [1.54, 1.807) is 0 Å². The second-order valence-electron chi connectivity index (χ2n) is 5.72. The molecular weight excluding hydrogens is 326 g/mol. The molecule has 1 N–H and O–H groups in total. The third kappa shape index (κ3) is 3.71. The molecule has 8 heteroatoms. The van der Waals surface area contributed by atoms with Gasteiger partial charge in [0.1, 0.15) is 16.5 Å². The van der Waals surface area contributed by atoms with E-state index in [2.05, 4.69) is 0 Å². The summed E-state index contributed by atoms with van der Waals surface area (Å²) in [7, 11) is -3.99. The van der Waals surface area contributed by atoms with Crippen molar-refractivity contribution in [1.29, 1.82) is 0 Å². The van der Waals surface area contributed by atoms with Crippen LogP contribution >= 0.6 is 0 Å². The number of sulfonamides is 1. The van der Waals surface area contributed by atoms with E-state index in [9.17, 15) is 22.3 Å². The van der Waals surface area contributed by atoms with Gasteiger partial charge in [0.05, 0.1) is 6.61 Å². The Labute approximate surface area is 135 Å². The Morgan fingerprint density at radius 2 is 1.78 bits per heavy atom. The van der Waals surface area contributed by atoms with E-state index >= 15 is 0 Å². The van der Waals surface area contributed by atoms with E-state index < -0.39 is 26.6 Å². The fourth-order valence-electron chi connectivity index (χ4n) is 2.78. The number of aryl methyl sites for hydroxylation is 1. The second-order valence-corrected chi connectivity index (χ2v) is 7.62. The van der Waals surface area contributed by atoms with Gasteiger partial charge in [-0.1, -0.05) is 6.92 Å². The number of benzene rings is 1. The topological polar surface area (TPSA) is 60.9 Å². The van der Waals surface area contributed by atoms with Crippen LogP contribution in [-0.2, 0) is 10.0 Å². The molecule has 5 nitrogen and oxygen atoms in total. The normalized spacial score (nSPS) is 19.0. The van der Waals surface area contributed by atoms with Crippen LogP contribution in [-0.4, -0.2) is 61.6 Å². The van der Waals surface area contributed by atoms with Crippen LogP contribution in [0.25, 0.3) is 0 Å². The van der Waals surface area contributed by atoms with Gasteiger partial charge in [-0.25, -0.2) is 17.2 Å². The van der Waals surface area contributed by atoms with Crippen molar-refractivity contribution in [2.75, 3.05) is 32.8 Å². The Hall–Kier alpha value is -1.09. The van der Waals surface area contributed by atoms with Crippen LogP contribution in [0.3, 0.4) is 0 Å². The van der Waals surface area contributed by atoms with Crippen LogP contribution in [0, 0.1) is 18.6 Å². The number of rotatable bonds is 5. The number of nitrogens with zero attached hydrogens (tertiary/aromatic N) is 2. The van der Waals surface area contributed by atoms with Crippen molar-refractivity contribution in [3.05, 3.63) is 29.3 Å². The van der Waals surface area contributed by atoms with Crippen LogP contribution < -0.4 is 0 Å². The number of aliphatic hydroxyl groups excluding tert-OH is 1. The molecule has 0 radical (unpaired) electrons. The molecule has 0 saturated carbocycles. The van der Waals surface area contributed by atoms with E-state index in [-0.39, 0.29) is 31.3 Å². The highest BCUT2D eigenvalue weighted by Gasteiger charge is 2.32. The van der Waals surface area contributed by atoms with Crippen LogP contribution in [0.2, 0.25) is 0 Å². The van der Waals surface area contributed by atoms with Gasteiger partial charge in [-0.2, -0.15) is 4.31 Å². The Kier molecular flexibility index (Phi) is 5.72. The summed E-state index contributed by atoms with van der Waals surface area (Å²) < 4.78 is 53.6. The van der Waals surface area contributed by atoms with Crippen molar-refractivity contribution < 1.29 is 22.3 Å². The number of aliphatic hydroxyl groups is 1. The van der Waals surface area contributed by atoms with Gasteiger partial charge in [-0.05, 0) is 25.0 Å². The molecule has 0 aromatic heterocycles. The number of hydrogen-bond donors (Lipinski definition) is 1. The molecule has 0 amide bonds.